The predicted octanol–water partition coefficient (Wildman–Crippen LogP) is 6.38. The highest BCUT2D eigenvalue weighted by Crippen LogP contribution is 2.49. The van der Waals surface area contributed by atoms with Crippen LogP contribution in [0.3, 0.4) is 0 Å². The summed E-state index contributed by atoms with van der Waals surface area (Å²) in [6.45, 7) is 0.695. The molecule has 5 aromatic rings. The zero-order valence-corrected chi connectivity index (χ0v) is 22.4. The Morgan fingerprint density at radius 1 is 0.816 bits per heavy atom. The van der Waals surface area contributed by atoms with Gasteiger partial charge in [-0.15, -0.1) is 0 Å². The van der Waals surface area contributed by atoms with Gasteiger partial charge in [-0.2, -0.15) is 0 Å². The highest BCUT2D eigenvalue weighted by atomic mass is 16.5. The molecule has 0 radical (unpaired) electrons. The fraction of sp³-hybridized carbons (Fsp3) is 0.242. The van der Waals surface area contributed by atoms with Gasteiger partial charge in [-0.3, -0.25) is 0 Å². The van der Waals surface area contributed by atoms with Gasteiger partial charge in [0.1, 0.15) is 11.4 Å². The van der Waals surface area contributed by atoms with Gasteiger partial charge in [-0.1, -0.05) is 72.8 Å². The molecule has 1 aromatic heterocycles. The third-order valence-electron chi connectivity index (χ3n) is 7.33. The second-order valence-electron chi connectivity index (χ2n) is 9.99. The number of aromatic nitrogens is 1. The molecule has 38 heavy (non-hydrogen) atoms. The van der Waals surface area contributed by atoms with E-state index in [9.17, 15) is 5.11 Å². The van der Waals surface area contributed by atoms with Crippen molar-refractivity contribution in [2.24, 2.45) is 0 Å². The Hall–Kier alpha value is -3.93. The summed E-state index contributed by atoms with van der Waals surface area (Å²) in [5, 5.41) is 16.1. The third-order valence-corrected chi connectivity index (χ3v) is 7.33. The molecule has 0 saturated carbocycles. The summed E-state index contributed by atoms with van der Waals surface area (Å²) < 4.78 is 11.4. The molecule has 0 fully saturated rings. The number of hydrogen-bond acceptors (Lipinski definition) is 5. The Bertz CT molecular complexity index is 1550. The van der Waals surface area contributed by atoms with Gasteiger partial charge in [0.25, 0.3) is 0 Å². The number of benzene rings is 4. The van der Waals surface area contributed by atoms with E-state index in [2.05, 4.69) is 47.4 Å². The molecule has 1 heterocycles. The molecule has 1 N–H and O–H groups in total. The monoisotopic (exact) mass is 506 g/mol. The molecule has 0 amide bonds. The molecular weight excluding hydrogens is 472 g/mol. The van der Waals surface area contributed by atoms with Gasteiger partial charge in [0.2, 0.25) is 5.88 Å². The smallest absolute Gasteiger partial charge is 0.217 e. The van der Waals surface area contributed by atoms with Crippen LogP contribution in [0.1, 0.15) is 29.0 Å². The largest absolute Gasteiger partial charge is 0.497 e. The number of rotatable bonds is 9. The van der Waals surface area contributed by atoms with Crippen LogP contribution in [0.25, 0.3) is 21.7 Å². The van der Waals surface area contributed by atoms with Crippen molar-refractivity contribution in [2.45, 2.75) is 17.9 Å². The lowest BCUT2D eigenvalue weighted by molar-refractivity contribution is 0.00520. The van der Waals surface area contributed by atoms with E-state index >= 15 is 0 Å². The summed E-state index contributed by atoms with van der Waals surface area (Å²) >= 11 is 0. The first kappa shape index (κ1) is 25.7. The van der Waals surface area contributed by atoms with Crippen molar-refractivity contribution in [1.82, 2.24) is 9.88 Å². The molecule has 194 valence electrons. The molecule has 0 aliphatic rings. The molecule has 0 aliphatic heterocycles. The summed E-state index contributed by atoms with van der Waals surface area (Å²) in [5.41, 5.74) is 2.24. The lowest BCUT2D eigenvalue weighted by atomic mass is 9.70. The van der Waals surface area contributed by atoms with E-state index in [0.29, 0.717) is 18.8 Å². The van der Waals surface area contributed by atoms with Crippen LogP contribution < -0.4 is 9.47 Å². The minimum absolute atomic E-state index is 0.451. The first-order valence-corrected chi connectivity index (χ1v) is 12.9. The van der Waals surface area contributed by atoms with Gasteiger partial charge >= 0.3 is 0 Å². The highest BCUT2D eigenvalue weighted by Gasteiger charge is 2.43. The molecule has 0 spiro atoms. The average molecular weight is 507 g/mol. The number of methoxy groups -OCH3 is 2. The molecule has 0 unspecified atom stereocenters. The van der Waals surface area contributed by atoms with Crippen molar-refractivity contribution in [3.8, 4) is 11.6 Å². The van der Waals surface area contributed by atoms with Crippen LogP contribution in [0, 0.1) is 0 Å². The molecule has 0 bridgehead atoms. The summed E-state index contributed by atoms with van der Waals surface area (Å²) in [4.78, 5) is 6.99. The Balaban J connectivity index is 1.83. The number of ether oxygens (including phenoxy) is 2. The fourth-order valence-corrected chi connectivity index (χ4v) is 5.44. The zero-order chi connectivity index (χ0) is 26.7. The molecule has 2 atom stereocenters. The van der Waals surface area contributed by atoms with Crippen molar-refractivity contribution in [2.75, 3.05) is 34.9 Å². The van der Waals surface area contributed by atoms with Gasteiger partial charge in [0, 0.05) is 23.4 Å². The van der Waals surface area contributed by atoms with Gasteiger partial charge in [-0.25, -0.2) is 4.98 Å². The van der Waals surface area contributed by atoms with E-state index in [1.54, 1.807) is 14.2 Å². The third kappa shape index (κ3) is 4.83. The Labute approximate surface area is 224 Å². The number of nitrogens with zero attached hydrogens (tertiary/aromatic N) is 2. The molecule has 5 rings (SSSR count). The van der Waals surface area contributed by atoms with Crippen molar-refractivity contribution >= 4 is 21.7 Å². The molecule has 5 heteroatoms. The molecule has 4 aromatic carbocycles. The first-order chi connectivity index (χ1) is 18.4. The number of pyridine rings is 1. The number of fused-ring (bicyclic) bond motifs is 2. The van der Waals surface area contributed by atoms with Gasteiger partial charge in [0.15, 0.2) is 0 Å². The summed E-state index contributed by atoms with van der Waals surface area (Å²) in [5.74, 6) is 0.802. The van der Waals surface area contributed by atoms with Crippen molar-refractivity contribution in [3.63, 3.8) is 0 Å². The van der Waals surface area contributed by atoms with Crippen LogP contribution >= 0.6 is 0 Å². The van der Waals surface area contributed by atoms with Crippen LogP contribution in [0.5, 0.6) is 11.6 Å². The summed E-state index contributed by atoms with van der Waals surface area (Å²) in [6.07, 6.45) is 0.507. The summed E-state index contributed by atoms with van der Waals surface area (Å²) in [6, 6.07) is 32.5. The van der Waals surface area contributed by atoms with Crippen LogP contribution in [-0.4, -0.2) is 49.9 Å². The maximum atomic E-state index is 13.1. The highest BCUT2D eigenvalue weighted by molar-refractivity contribution is 5.87. The SMILES string of the molecule is COc1ccc2nc(OC)c([C@H](c3ccccc3)[C@](O)(CCN(C)C)c3cccc4ccccc34)cc2c1. The van der Waals surface area contributed by atoms with Crippen LogP contribution in [0.2, 0.25) is 0 Å². The van der Waals surface area contributed by atoms with Gasteiger partial charge in [-0.05, 0) is 66.7 Å². The quantitative estimate of drug-likeness (QED) is 0.252. The van der Waals surface area contributed by atoms with E-state index in [1.165, 1.54) is 0 Å². The van der Waals surface area contributed by atoms with Crippen molar-refractivity contribution < 1.29 is 14.6 Å². The van der Waals surface area contributed by atoms with Gasteiger partial charge < -0.3 is 19.5 Å². The maximum absolute atomic E-state index is 13.1. The Morgan fingerprint density at radius 2 is 1.55 bits per heavy atom. The second-order valence-corrected chi connectivity index (χ2v) is 9.99. The number of hydrogen-bond donors (Lipinski definition) is 1. The van der Waals surface area contributed by atoms with Crippen molar-refractivity contribution in [1.29, 1.82) is 0 Å². The number of aliphatic hydroxyl groups is 1. The molecular formula is C33H34N2O3. The second kappa shape index (κ2) is 10.8. The molecule has 0 saturated heterocycles. The van der Waals surface area contributed by atoms with E-state index < -0.39 is 11.5 Å². The van der Waals surface area contributed by atoms with E-state index in [-0.39, 0.29) is 0 Å². The minimum Gasteiger partial charge on any atom is -0.497 e. The maximum Gasteiger partial charge on any atom is 0.217 e. The normalized spacial score (nSPS) is 13.9. The first-order valence-electron chi connectivity index (χ1n) is 12.9. The fourth-order valence-electron chi connectivity index (χ4n) is 5.44. The van der Waals surface area contributed by atoms with Crippen LogP contribution in [0.15, 0.2) is 97.1 Å². The standard InChI is InChI=1S/C33H34N2O3/c1-35(2)20-19-33(36,29-16-10-14-23-11-8-9-15-27(23)29)31(24-12-6-5-7-13-24)28-22-25-21-26(37-3)17-18-30(25)34-32(28)38-4/h5-18,21-22,31,36H,19-20H2,1-4H3/t31-,33-/m0/s1. The molecule has 0 aliphatic carbocycles. The van der Waals surface area contributed by atoms with Crippen LogP contribution in [-0.2, 0) is 5.60 Å². The zero-order valence-electron chi connectivity index (χ0n) is 22.4. The lowest BCUT2D eigenvalue weighted by Gasteiger charge is -2.39. The predicted molar refractivity (Wildman–Crippen MR) is 154 cm³/mol. The van der Waals surface area contributed by atoms with E-state index in [1.807, 2.05) is 68.7 Å². The Morgan fingerprint density at radius 3 is 2.29 bits per heavy atom. The molecule has 5 nitrogen and oxygen atoms in total. The van der Waals surface area contributed by atoms with E-state index in [4.69, 9.17) is 14.5 Å². The van der Waals surface area contributed by atoms with Crippen molar-refractivity contribution in [3.05, 3.63) is 114 Å². The topological polar surface area (TPSA) is 54.8 Å². The van der Waals surface area contributed by atoms with Gasteiger partial charge in [0.05, 0.1) is 19.7 Å². The minimum atomic E-state index is -1.27. The van der Waals surface area contributed by atoms with E-state index in [0.717, 1.165) is 44.1 Å². The Kier molecular flexibility index (Phi) is 7.32. The van der Waals surface area contributed by atoms with Crippen LogP contribution in [0.4, 0.5) is 0 Å². The summed E-state index contributed by atoms with van der Waals surface area (Å²) in [7, 11) is 7.36. The lowest BCUT2D eigenvalue weighted by Crippen LogP contribution is -2.38. The average Bonchev–Trinajstić information content (AvgIpc) is 2.95.